The first kappa shape index (κ1) is 26.8. The van der Waals surface area contributed by atoms with Crippen LogP contribution < -0.4 is 14.8 Å². The fourth-order valence-corrected chi connectivity index (χ4v) is 2.82. The average molecular weight is 462 g/mol. The Morgan fingerprint density at radius 2 is 1.52 bits per heavy atom. The van der Waals surface area contributed by atoms with Gasteiger partial charge >= 0.3 is 17.9 Å². The molecule has 1 aromatic rings. The standard InChI is InChI=1S/C26H39NO6/c1-8-16(3)23(28)31-20-13-12-19(14-21(20)32-24(29)17(4)9-2)22(15-27-26(5,6)7)33-25(30)18-10-11-18/h12-14,16-18,22,27H,8-11,15H2,1-7H3. The lowest BCUT2D eigenvalue weighted by atomic mass is 10.0. The summed E-state index contributed by atoms with van der Waals surface area (Å²) < 4.78 is 17.0. The molecule has 0 saturated heterocycles. The predicted molar refractivity (Wildman–Crippen MR) is 126 cm³/mol. The van der Waals surface area contributed by atoms with Crippen molar-refractivity contribution >= 4 is 17.9 Å². The van der Waals surface area contributed by atoms with E-state index in [9.17, 15) is 14.4 Å². The number of carbonyl (C=O) groups is 3. The maximum Gasteiger partial charge on any atom is 0.314 e. The molecule has 1 aliphatic rings. The molecule has 0 heterocycles. The van der Waals surface area contributed by atoms with Gasteiger partial charge in [0.1, 0.15) is 6.10 Å². The molecule has 0 amide bonds. The van der Waals surface area contributed by atoms with Crippen molar-refractivity contribution in [3.63, 3.8) is 0 Å². The van der Waals surface area contributed by atoms with Gasteiger partial charge in [-0.1, -0.05) is 33.8 Å². The highest BCUT2D eigenvalue weighted by molar-refractivity contribution is 5.78. The molecule has 33 heavy (non-hydrogen) atoms. The number of rotatable bonds is 11. The number of benzene rings is 1. The van der Waals surface area contributed by atoms with Crippen LogP contribution in [0.5, 0.6) is 11.5 Å². The van der Waals surface area contributed by atoms with E-state index in [2.05, 4.69) is 5.32 Å². The largest absolute Gasteiger partial charge is 0.456 e. The number of hydrogen-bond acceptors (Lipinski definition) is 7. The van der Waals surface area contributed by atoms with Gasteiger partial charge in [0.15, 0.2) is 11.5 Å². The summed E-state index contributed by atoms with van der Waals surface area (Å²) in [4.78, 5) is 37.3. The van der Waals surface area contributed by atoms with E-state index in [0.717, 1.165) is 12.8 Å². The first-order valence-corrected chi connectivity index (χ1v) is 12.0. The van der Waals surface area contributed by atoms with Crippen LogP contribution in [0.1, 0.15) is 85.8 Å². The zero-order chi connectivity index (χ0) is 24.8. The van der Waals surface area contributed by atoms with Crippen molar-refractivity contribution in [3.8, 4) is 11.5 Å². The van der Waals surface area contributed by atoms with Gasteiger partial charge in [0.05, 0.1) is 17.8 Å². The van der Waals surface area contributed by atoms with Crippen LogP contribution in [0.3, 0.4) is 0 Å². The Hall–Kier alpha value is -2.41. The van der Waals surface area contributed by atoms with E-state index in [1.807, 2.05) is 34.6 Å². The van der Waals surface area contributed by atoms with Crippen LogP contribution in [0.25, 0.3) is 0 Å². The molecule has 3 unspecified atom stereocenters. The van der Waals surface area contributed by atoms with Crippen molar-refractivity contribution < 1.29 is 28.6 Å². The highest BCUT2D eigenvalue weighted by atomic mass is 16.6. The minimum absolute atomic E-state index is 0.0411. The number of hydrogen-bond donors (Lipinski definition) is 1. The Morgan fingerprint density at radius 1 is 0.970 bits per heavy atom. The molecule has 2 rings (SSSR count). The summed E-state index contributed by atoms with van der Waals surface area (Å²) >= 11 is 0. The van der Waals surface area contributed by atoms with Crippen molar-refractivity contribution in [2.24, 2.45) is 17.8 Å². The first-order valence-electron chi connectivity index (χ1n) is 12.0. The molecule has 0 spiro atoms. The quantitative estimate of drug-likeness (QED) is 0.367. The molecule has 3 atom stereocenters. The van der Waals surface area contributed by atoms with Crippen molar-refractivity contribution in [2.45, 2.75) is 85.8 Å². The van der Waals surface area contributed by atoms with Gasteiger partial charge in [0.2, 0.25) is 0 Å². The van der Waals surface area contributed by atoms with Crippen LogP contribution in [0.15, 0.2) is 18.2 Å². The second kappa shape index (κ2) is 11.6. The maximum atomic E-state index is 12.5. The topological polar surface area (TPSA) is 90.9 Å². The molecule has 0 aromatic heterocycles. The Labute approximate surface area is 197 Å². The van der Waals surface area contributed by atoms with Crippen LogP contribution in [-0.4, -0.2) is 30.0 Å². The second-order valence-corrected chi connectivity index (χ2v) is 10.00. The van der Waals surface area contributed by atoms with E-state index in [1.165, 1.54) is 0 Å². The van der Waals surface area contributed by atoms with Gasteiger partial charge in [-0.2, -0.15) is 0 Å². The lowest BCUT2D eigenvalue weighted by molar-refractivity contribution is -0.151. The van der Waals surface area contributed by atoms with E-state index in [0.29, 0.717) is 24.9 Å². The molecular weight excluding hydrogens is 422 g/mol. The van der Waals surface area contributed by atoms with E-state index in [1.54, 1.807) is 32.0 Å². The van der Waals surface area contributed by atoms with E-state index < -0.39 is 18.0 Å². The molecule has 1 saturated carbocycles. The minimum atomic E-state index is -0.572. The smallest absolute Gasteiger partial charge is 0.314 e. The fourth-order valence-electron chi connectivity index (χ4n) is 2.82. The zero-order valence-corrected chi connectivity index (χ0v) is 21.0. The first-order chi connectivity index (χ1) is 15.4. The molecule has 7 heteroatoms. The minimum Gasteiger partial charge on any atom is -0.456 e. The summed E-state index contributed by atoms with van der Waals surface area (Å²) in [5.74, 6) is -1.33. The Kier molecular flexibility index (Phi) is 9.46. The Balaban J connectivity index is 2.36. The van der Waals surface area contributed by atoms with Crippen LogP contribution in [0.4, 0.5) is 0 Å². The van der Waals surface area contributed by atoms with Gasteiger partial charge in [0.25, 0.3) is 0 Å². The summed E-state index contributed by atoms with van der Waals surface area (Å²) in [5, 5.41) is 3.37. The molecular formula is C26H39NO6. The average Bonchev–Trinajstić information content (AvgIpc) is 3.61. The Morgan fingerprint density at radius 3 is 2.00 bits per heavy atom. The molecule has 184 valence electrons. The van der Waals surface area contributed by atoms with Crippen LogP contribution in [-0.2, 0) is 19.1 Å². The Bertz CT molecular complexity index is 840. The highest BCUT2D eigenvalue weighted by Gasteiger charge is 2.34. The third-order valence-corrected chi connectivity index (χ3v) is 5.78. The summed E-state index contributed by atoms with van der Waals surface area (Å²) in [5.41, 5.74) is 0.484. The summed E-state index contributed by atoms with van der Waals surface area (Å²) in [6.45, 7) is 13.9. The lowest BCUT2D eigenvalue weighted by Crippen LogP contribution is -2.39. The third kappa shape index (κ3) is 8.46. The molecule has 1 fully saturated rings. The number of ether oxygens (including phenoxy) is 3. The van der Waals surface area contributed by atoms with E-state index >= 15 is 0 Å². The van der Waals surface area contributed by atoms with Crippen molar-refractivity contribution in [3.05, 3.63) is 23.8 Å². The molecule has 1 aliphatic carbocycles. The summed E-state index contributed by atoms with van der Waals surface area (Å²) in [6.07, 6.45) is 2.38. The normalized spacial score (nSPS) is 16.5. The molecule has 1 aromatic carbocycles. The molecule has 0 aliphatic heterocycles. The van der Waals surface area contributed by atoms with E-state index in [4.69, 9.17) is 14.2 Å². The van der Waals surface area contributed by atoms with Gasteiger partial charge < -0.3 is 19.5 Å². The summed E-state index contributed by atoms with van der Waals surface area (Å²) in [7, 11) is 0. The fraction of sp³-hybridized carbons (Fsp3) is 0.654. The van der Waals surface area contributed by atoms with Crippen LogP contribution in [0, 0.1) is 17.8 Å². The molecule has 7 nitrogen and oxygen atoms in total. The van der Waals surface area contributed by atoms with Gasteiger partial charge in [-0.3, -0.25) is 14.4 Å². The van der Waals surface area contributed by atoms with Gasteiger partial charge in [0, 0.05) is 12.1 Å². The third-order valence-electron chi connectivity index (χ3n) is 5.78. The SMILES string of the molecule is CCC(C)C(=O)Oc1ccc(C(CNC(C)(C)C)OC(=O)C2CC2)cc1OC(=O)C(C)CC. The van der Waals surface area contributed by atoms with Crippen LogP contribution in [0.2, 0.25) is 0 Å². The van der Waals surface area contributed by atoms with Crippen LogP contribution >= 0.6 is 0 Å². The van der Waals surface area contributed by atoms with Crippen molar-refractivity contribution in [2.75, 3.05) is 6.54 Å². The molecule has 0 radical (unpaired) electrons. The molecule has 0 bridgehead atoms. The van der Waals surface area contributed by atoms with Crippen molar-refractivity contribution in [1.82, 2.24) is 5.32 Å². The monoisotopic (exact) mass is 461 g/mol. The zero-order valence-electron chi connectivity index (χ0n) is 21.0. The summed E-state index contributed by atoms with van der Waals surface area (Å²) in [6, 6.07) is 4.98. The van der Waals surface area contributed by atoms with Gasteiger partial charge in [-0.05, 0) is 64.2 Å². The predicted octanol–water partition coefficient (Wildman–Crippen LogP) is 4.97. The lowest BCUT2D eigenvalue weighted by Gasteiger charge is -2.26. The second-order valence-electron chi connectivity index (χ2n) is 10.00. The highest BCUT2D eigenvalue weighted by Crippen LogP contribution is 2.36. The maximum absolute atomic E-state index is 12.5. The van der Waals surface area contributed by atoms with Gasteiger partial charge in [-0.15, -0.1) is 0 Å². The van der Waals surface area contributed by atoms with E-state index in [-0.39, 0.29) is 40.8 Å². The number of esters is 3. The number of carbonyl (C=O) groups excluding carboxylic acids is 3. The molecule has 1 N–H and O–H groups in total. The number of nitrogens with one attached hydrogen (secondary N) is 1. The van der Waals surface area contributed by atoms with Gasteiger partial charge in [-0.25, -0.2) is 0 Å². The van der Waals surface area contributed by atoms with Crippen molar-refractivity contribution in [1.29, 1.82) is 0 Å².